The molecule has 6 heteroatoms. The first-order valence-electron chi connectivity index (χ1n) is 10.2. The second kappa shape index (κ2) is 8.83. The minimum absolute atomic E-state index is 0. The van der Waals surface area contributed by atoms with Crippen molar-refractivity contribution in [2.75, 3.05) is 13.1 Å². The lowest BCUT2D eigenvalue weighted by Crippen LogP contribution is -2.60. The van der Waals surface area contributed by atoms with Crippen LogP contribution in [0.2, 0.25) is 0 Å². The molecule has 0 saturated carbocycles. The number of likely N-dealkylation sites (tertiary alicyclic amines) is 1. The van der Waals surface area contributed by atoms with E-state index in [0.717, 1.165) is 18.4 Å². The second-order valence-corrected chi connectivity index (χ2v) is 8.91. The normalized spacial score (nSPS) is 24.8. The van der Waals surface area contributed by atoms with E-state index >= 15 is 0 Å². The summed E-state index contributed by atoms with van der Waals surface area (Å²) in [4.78, 5) is 30.3. The zero-order chi connectivity index (χ0) is 19.8. The monoisotopic (exact) mass is 407 g/mol. The molecule has 2 heterocycles. The van der Waals surface area contributed by atoms with Crippen LogP contribution in [0.5, 0.6) is 0 Å². The van der Waals surface area contributed by atoms with Gasteiger partial charge in [-0.15, -0.1) is 12.4 Å². The molecular weight excluding hydrogens is 374 g/mol. The SMILES string of the molecule is CCC(C)C(=O)N1Cc2ccccc2CC1C(=O)N1CCC(N)C(C)(C)C1.Cl. The molecule has 2 aliphatic rings. The molecule has 0 aliphatic carbocycles. The van der Waals surface area contributed by atoms with E-state index in [1.54, 1.807) is 0 Å². The van der Waals surface area contributed by atoms with Gasteiger partial charge in [0, 0.05) is 38.0 Å². The predicted molar refractivity (Wildman–Crippen MR) is 114 cm³/mol. The number of nitrogens with two attached hydrogens (primary N) is 1. The van der Waals surface area contributed by atoms with Gasteiger partial charge in [-0.2, -0.15) is 0 Å². The lowest BCUT2D eigenvalue weighted by atomic mass is 9.79. The van der Waals surface area contributed by atoms with Gasteiger partial charge < -0.3 is 15.5 Å². The van der Waals surface area contributed by atoms with Crippen LogP contribution in [-0.2, 0) is 22.6 Å². The molecule has 28 heavy (non-hydrogen) atoms. The summed E-state index contributed by atoms with van der Waals surface area (Å²) in [5.41, 5.74) is 8.47. The van der Waals surface area contributed by atoms with Gasteiger partial charge >= 0.3 is 0 Å². The Hall–Kier alpha value is -1.59. The Labute approximate surface area is 175 Å². The van der Waals surface area contributed by atoms with Crippen LogP contribution in [0, 0.1) is 11.3 Å². The number of carbonyl (C=O) groups is 2. The highest BCUT2D eigenvalue weighted by Gasteiger charge is 2.41. The highest BCUT2D eigenvalue weighted by Crippen LogP contribution is 2.31. The van der Waals surface area contributed by atoms with Crippen molar-refractivity contribution in [3.05, 3.63) is 35.4 Å². The number of carbonyl (C=O) groups excluding carboxylic acids is 2. The second-order valence-electron chi connectivity index (χ2n) is 8.91. The first-order chi connectivity index (χ1) is 12.7. The summed E-state index contributed by atoms with van der Waals surface area (Å²) in [6.07, 6.45) is 2.19. The van der Waals surface area contributed by atoms with Crippen molar-refractivity contribution >= 4 is 24.2 Å². The van der Waals surface area contributed by atoms with Gasteiger partial charge in [-0.05, 0) is 29.4 Å². The molecule has 1 aromatic carbocycles. The lowest BCUT2D eigenvalue weighted by Gasteiger charge is -2.46. The average molecular weight is 408 g/mol. The van der Waals surface area contributed by atoms with Crippen LogP contribution in [0.15, 0.2) is 24.3 Å². The van der Waals surface area contributed by atoms with E-state index < -0.39 is 6.04 Å². The van der Waals surface area contributed by atoms with E-state index in [0.29, 0.717) is 26.1 Å². The number of piperidine rings is 1. The first kappa shape index (κ1) is 22.7. The summed E-state index contributed by atoms with van der Waals surface area (Å²) in [7, 11) is 0. The average Bonchev–Trinajstić information content (AvgIpc) is 2.67. The van der Waals surface area contributed by atoms with Crippen molar-refractivity contribution in [2.24, 2.45) is 17.1 Å². The van der Waals surface area contributed by atoms with Gasteiger partial charge in [-0.25, -0.2) is 0 Å². The number of hydrogen-bond donors (Lipinski definition) is 1. The van der Waals surface area contributed by atoms with Crippen LogP contribution in [0.25, 0.3) is 0 Å². The molecule has 0 bridgehead atoms. The Morgan fingerprint density at radius 1 is 1.25 bits per heavy atom. The quantitative estimate of drug-likeness (QED) is 0.837. The maximum absolute atomic E-state index is 13.5. The lowest BCUT2D eigenvalue weighted by molar-refractivity contribution is -0.151. The van der Waals surface area contributed by atoms with Crippen LogP contribution in [0.4, 0.5) is 0 Å². The molecule has 1 fully saturated rings. The zero-order valence-electron chi connectivity index (χ0n) is 17.5. The third kappa shape index (κ3) is 4.36. The molecule has 0 aromatic heterocycles. The summed E-state index contributed by atoms with van der Waals surface area (Å²) < 4.78 is 0. The van der Waals surface area contributed by atoms with Gasteiger partial charge in [0.1, 0.15) is 6.04 Å². The zero-order valence-corrected chi connectivity index (χ0v) is 18.3. The number of halogens is 1. The van der Waals surface area contributed by atoms with E-state index in [1.165, 1.54) is 5.56 Å². The molecule has 3 unspecified atom stereocenters. The molecule has 1 aromatic rings. The number of amides is 2. The summed E-state index contributed by atoms with van der Waals surface area (Å²) in [6, 6.07) is 7.85. The van der Waals surface area contributed by atoms with Crippen LogP contribution < -0.4 is 5.73 Å². The molecule has 2 N–H and O–H groups in total. The highest BCUT2D eigenvalue weighted by atomic mass is 35.5. The van der Waals surface area contributed by atoms with Crippen molar-refractivity contribution in [1.29, 1.82) is 0 Å². The first-order valence-corrected chi connectivity index (χ1v) is 10.2. The van der Waals surface area contributed by atoms with Crippen LogP contribution in [-0.4, -0.2) is 46.8 Å². The molecule has 5 nitrogen and oxygen atoms in total. The summed E-state index contributed by atoms with van der Waals surface area (Å²) in [5, 5.41) is 0. The van der Waals surface area contributed by atoms with Crippen LogP contribution >= 0.6 is 12.4 Å². The van der Waals surface area contributed by atoms with Gasteiger partial charge in [0.25, 0.3) is 0 Å². The van der Waals surface area contributed by atoms with E-state index in [-0.39, 0.29) is 41.6 Å². The number of nitrogens with zero attached hydrogens (tertiary/aromatic N) is 2. The summed E-state index contributed by atoms with van der Waals surface area (Å²) in [6.45, 7) is 10.1. The Bertz CT molecular complexity index is 721. The van der Waals surface area contributed by atoms with E-state index in [2.05, 4.69) is 26.0 Å². The molecule has 156 valence electrons. The number of benzene rings is 1. The van der Waals surface area contributed by atoms with E-state index in [9.17, 15) is 9.59 Å². The minimum Gasteiger partial charge on any atom is -0.340 e. The molecule has 2 amide bonds. The molecular formula is C22H34ClN3O2. The highest BCUT2D eigenvalue weighted by molar-refractivity contribution is 5.89. The maximum atomic E-state index is 13.5. The predicted octanol–water partition coefficient (Wildman–Crippen LogP) is 2.99. The van der Waals surface area contributed by atoms with Gasteiger partial charge in [0.05, 0.1) is 0 Å². The fourth-order valence-electron chi connectivity index (χ4n) is 4.21. The molecule has 1 saturated heterocycles. The van der Waals surface area contributed by atoms with Crippen molar-refractivity contribution in [3.8, 4) is 0 Å². The number of rotatable bonds is 3. The molecule has 2 aliphatic heterocycles. The fourth-order valence-corrected chi connectivity index (χ4v) is 4.21. The Morgan fingerprint density at radius 3 is 2.50 bits per heavy atom. The van der Waals surface area contributed by atoms with Gasteiger partial charge in [-0.1, -0.05) is 52.0 Å². The molecule has 0 spiro atoms. The minimum atomic E-state index is -0.411. The van der Waals surface area contributed by atoms with Crippen LogP contribution in [0.3, 0.4) is 0 Å². The topological polar surface area (TPSA) is 66.6 Å². The molecule has 0 radical (unpaired) electrons. The Morgan fingerprint density at radius 2 is 1.89 bits per heavy atom. The molecule has 3 atom stereocenters. The fraction of sp³-hybridized carbons (Fsp3) is 0.636. The van der Waals surface area contributed by atoms with Gasteiger partial charge in [0.2, 0.25) is 11.8 Å². The largest absolute Gasteiger partial charge is 0.340 e. The maximum Gasteiger partial charge on any atom is 0.245 e. The Balaban J connectivity index is 0.00000280. The Kier molecular flexibility index (Phi) is 7.16. The van der Waals surface area contributed by atoms with E-state index in [1.807, 2.05) is 35.8 Å². The molecule has 3 rings (SSSR count). The van der Waals surface area contributed by atoms with Crippen molar-refractivity contribution < 1.29 is 9.59 Å². The van der Waals surface area contributed by atoms with Crippen molar-refractivity contribution in [1.82, 2.24) is 9.80 Å². The third-order valence-electron chi connectivity index (χ3n) is 6.47. The number of fused-ring (bicyclic) bond motifs is 1. The van der Waals surface area contributed by atoms with E-state index in [4.69, 9.17) is 5.73 Å². The third-order valence-corrected chi connectivity index (χ3v) is 6.47. The van der Waals surface area contributed by atoms with Crippen molar-refractivity contribution in [2.45, 2.75) is 65.6 Å². The summed E-state index contributed by atoms with van der Waals surface area (Å²) in [5.74, 6) is 0.0798. The number of hydrogen-bond acceptors (Lipinski definition) is 3. The van der Waals surface area contributed by atoms with Crippen LogP contribution in [0.1, 0.15) is 51.7 Å². The standard InChI is InChI=1S/C22H33N3O2.ClH/c1-5-15(2)20(26)25-13-17-9-7-6-8-16(17)12-18(25)21(27)24-11-10-19(23)22(3,4)14-24;/h6-9,15,18-19H,5,10-14,23H2,1-4H3;1H. The van der Waals surface area contributed by atoms with Crippen molar-refractivity contribution in [3.63, 3.8) is 0 Å². The smallest absolute Gasteiger partial charge is 0.245 e. The van der Waals surface area contributed by atoms with Gasteiger partial charge in [0.15, 0.2) is 0 Å². The van der Waals surface area contributed by atoms with Gasteiger partial charge in [-0.3, -0.25) is 9.59 Å². The summed E-state index contributed by atoms with van der Waals surface area (Å²) >= 11 is 0.